The van der Waals surface area contributed by atoms with Crippen LogP contribution < -0.4 is 16.3 Å². The number of morpholine rings is 1. The first-order valence-electron chi connectivity index (χ1n) is 20.0. The Labute approximate surface area is 376 Å². The summed E-state index contributed by atoms with van der Waals surface area (Å²) < 4.78 is 117. The van der Waals surface area contributed by atoms with E-state index >= 15 is 0 Å². The number of likely N-dealkylation sites (N-methyl/N-ethyl adjacent to an activating group) is 2. The molecular weight excluding hydrogens is 948 g/mol. The Bertz CT molecular complexity index is 1970. The Morgan fingerprint density at radius 1 is 0.821 bits per heavy atom. The summed E-state index contributed by atoms with van der Waals surface area (Å²) >= 11 is 0. The first-order chi connectivity index (χ1) is 31.0. The highest BCUT2D eigenvalue weighted by molar-refractivity contribution is 7.49. The number of ether oxygens (including phenoxy) is 2. The summed E-state index contributed by atoms with van der Waals surface area (Å²) in [6.07, 6.45) is -24.6. The summed E-state index contributed by atoms with van der Waals surface area (Å²) in [7, 11) is -5.07. The highest BCUT2D eigenvalue weighted by atomic mass is 31.2. The van der Waals surface area contributed by atoms with Gasteiger partial charge in [-0.15, -0.1) is 9.55 Å². The summed E-state index contributed by atoms with van der Waals surface area (Å²) in [6.45, 7) is 3.96. The third kappa shape index (κ3) is 18.0. The zero-order valence-electron chi connectivity index (χ0n) is 35.8. The van der Waals surface area contributed by atoms with Crippen molar-refractivity contribution in [3.63, 3.8) is 0 Å². The van der Waals surface area contributed by atoms with E-state index in [1.807, 2.05) is 0 Å². The van der Waals surface area contributed by atoms with Crippen LogP contribution in [0.2, 0.25) is 0 Å². The van der Waals surface area contributed by atoms with Crippen molar-refractivity contribution in [1.82, 2.24) is 30.1 Å². The normalized spacial score (nSPS) is 20.2. The maximum absolute atomic E-state index is 13.7. The van der Waals surface area contributed by atoms with Crippen LogP contribution in [-0.2, 0) is 32.9 Å². The van der Waals surface area contributed by atoms with Crippen LogP contribution >= 0.6 is 7.75 Å². The third-order valence-corrected chi connectivity index (χ3v) is 10.3. The molecule has 11 unspecified atom stereocenters. The predicted octanol–water partition coefficient (Wildman–Crippen LogP) is -1.66. The minimum Gasteiger partial charge on any atom is -0.394 e. The second kappa shape index (κ2) is 26.4. The van der Waals surface area contributed by atoms with E-state index in [1.165, 1.54) is 19.1 Å². The van der Waals surface area contributed by atoms with Crippen molar-refractivity contribution in [2.75, 3.05) is 39.5 Å². The lowest BCUT2D eigenvalue weighted by Gasteiger charge is -2.41. The summed E-state index contributed by atoms with van der Waals surface area (Å²) in [4.78, 5) is 34.3. The smallest absolute Gasteiger partial charge is 0.394 e. The molecule has 0 amide bonds. The zero-order valence-corrected chi connectivity index (χ0v) is 36.7. The van der Waals surface area contributed by atoms with Crippen molar-refractivity contribution in [3.8, 4) is 0 Å². The number of H-pyrrole nitrogens is 1. The van der Waals surface area contributed by atoms with Crippen molar-refractivity contribution in [1.29, 1.82) is 0 Å². The molecule has 15 N–H and O–H groups in total. The fourth-order valence-corrected chi connectivity index (χ4v) is 6.51. The van der Waals surface area contributed by atoms with E-state index in [0.29, 0.717) is 30.8 Å². The highest BCUT2D eigenvalue weighted by Gasteiger charge is 2.40. The Balaban J connectivity index is 0.000000484. The largest absolute Gasteiger partial charge is 0.454 e. The van der Waals surface area contributed by atoms with Gasteiger partial charge < -0.3 is 70.3 Å². The molecule has 1 aromatic heterocycles. The van der Waals surface area contributed by atoms with Crippen LogP contribution in [0.3, 0.4) is 0 Å². The van der Waals surface area contributed by atoms with Gasteiger partial charge in [-0.1, -0.05) is 26.0 Å². The molecule has 0 saturated carbocycles. The lowest BCUT2D eigenvalue weighted by molar-refractivity contribution is -0.231. The average molecular weight is 1000 g/mol. The number of hydrogen-bond donors (Lipinski definition) is 15. The number of alkyl halides is 6. The van der Waals surface area contributed by atoms with Gasteiger partial charge >= 0.3 is 25.8 Å². The third-order valence-electron chi connectivity index (χ3n) is 9.52. The first-order valence-corrected chi connectivity index (χ1v) is 21.5. The topological polar surface area (TPSA) is 356 Å². The van der Waals surface area contributed by atoms with Gasteiger partial charge in [0.05, 0.1) is 49.6 Å². The van der Waals surface area contributed by atoms with Crippen molar-refractivity contribution < 1.29 is 106 Å². The van der Waals surface area contributed by atoms with Gasteiger partial charge in [0.25, 0.3) is 0 Å². The Kier molecular flexibility index (Phi) is 23.5. The first kappa shape index (κ1) is 59.6. The number of aliphatic hydroxyl groups excluding tert-OH is 10. The molecule has 0 aliphatic carbocycles. The van der Waals surface area contributed by atoms with Gasteiger partial charge in [-0.25, -0.2) is 13.8 Å². The monoisotopic (exact) mass is 1000 g/mol. The van der Waals surface area contributed by atoms with Crippen LogP contribution in [0.5, 0.6) is 0 Å². The number of benzene rings is 2. The number of hydrogen-bond acceptors (Lipinski definition) is 18. The minimum absolute atomic E-state index is 0.00603. The van der Waals surface area contributed by atoms with Gasteiger partial charge in [0.1, 0.15) is 60.7 Å². The maximum atomic E-state index is 13.7. The van der Waals surface area contributed by atoms with E-state index in [9.17, 15) is 60.1 Å². The van der Waals surface area contributed by atoms with Crippen LogP contribution in [0.4, 0.5) is 30.7 Å². The molecule has 2 heterocycles. The van der Waals surface area contributed by atoms with Crippen molar-refractivity contribution in [2.45, 2.75) is 107 Å². The molecule has 4 rings (SSSR count). The fraction of sp³-hybridized carbons (Fsp3) is 0.622. The number of nitrogens with one attached hydrogen (secondary N) is 3. The summed E-state index contributed by atoms with van der Waals surface area (Å²) in [5, 5.41) is 98.1. The molecule has 1 saturated heterocycles. The second-order valence-corrected chi connectivity index (χ2v) is 16.0. The van der Waals surface area contributed by atoms with E-state index in [2.05, 4.69) is 20.7 Å². The Morgan fingerprint density at radius 3 is 1.67 bits per heavy atom. The number of aromatic amines is 1. The quantitative estimate of drug-likeness (QED) is 0.0363. The van der Waals surface area contributed by atoms with Gasteiger partial charge in [-0.2, -0.15) is 26.3 Å². The average Bonchev–Trinajstić information content (AvgIpc) is 3.65. The molecule has 0 bridgehead atoms. The molecule has 30 heteroatoms. The van der Waals surface area contributed by atoms with Gasteiger partial charge in [-0.3, -0.25) is 20.5 Å². The summed E-state index contributed by atoms with van der Waals surface area (Å²) in [5.74, 6) is -0.775. The molecule has 0 radical (unpaired) electrons. The van der Waals surface area contributed by atoms with Crippen LogP contribution in [0.25, 0.3) is 0 Å². The highest BCUT2D eigenvalue weighted by Crippen LogP contribution is 2.40. The molecule has 384 valence electrons. The van der Waals surface area contributed by atoms with Crippen molar-refractivity contribution in [3.05, 3.63) is 86.8 Å². The lowest BCUT2D eigenvalue weighted by atomic mass is 10.0. The molecule has 2 aromatic carbocycles. The molecule has 1 aliphatic heterocycles. The molecule has 0 spiro atoms. The predicted molar refractivity (Wildman–Crippen MR) is 215 cm³/mol. The molecule has 67 heavy (non-hydrogen) atoms. The molecular formula is C37H56F7N6O16P. The van der Waals surface area contributed by atoms with E-state index < -0.39 is 129 Å². The second-order valence-electron chi connectivity index (χ2n) is 14.6. The Hall–Kier alpha value is -3.56. The van der Waals surface area contributed by atoms with Gasteiger partial charge in [0.2, 0.25) is 0 Å². The number of aromatic nitrogens is 3. The van der Waals surface area contributed by atoms with Gasteiger partial charge in [0, 0.05) is 6.54 Å². The molecule has 11 atom stereocenters. The van der Waals surface area contributed by atoms with Gasteiger partial charge in [0.15, 0.2) is 6.29 Å². The van der Waals surface area contributed by atoms with E-state index in [-0.39, 0.29) is 36.0 Å². The van der Waals surface area contributed by atoms with Crippen molar-refractivity contribution >= 4 is 7.75 Å². The minimum atomic E-state index is -5.07. The van der Waals surface area contributed by atoms with E-state index in [0.717, 1.165) is 12.1 Å². The van der Waals surface area contributed by atoms with Crippen LogP contribution in [0, 0.1) is 5.82 Å². The summed E-state index contributed by atoms with van der Waals surface area (Å²) in [6, 6.07) is 5.01. The molecule has 1 fully saturated rings. The lowest BCUT2D eigenvalue weighted by Crippen LogP contribution is -2.51. The van der Waals surface area contributed by atoms with Crippen LogP contribution in [0.15, 0.2) is 47.3 Å². The standard InChI is InChI=1S/C23H22F7N4O6P.2C7H17NO5/c1-12(14-8-15(22(25,26)27)10-16(9-14)23(28,29)30)40-20-19(13-2-4-17(24)5-3-13)33(6-7-39-20)11-18-31-21(35)34(32-18)41(36,37)38;2*1-2-8-7(13)6(12)5(11)4(10)3-9/h2-5,8-10,12,19-20H,6-7,11H2,1H3,(H,31,32,35)(H2,36,37,38);2*4-13H,2-3H2,1H3. The maximum Gasteiger partial charge on any atom is 0.454 e. The summed E-state index contributed by atoms with van der Waals surface area (Å²) in [5.41, 5.74) is -4.31. The number of aliphatic hydroxyl groups is 10. The Morgan fingerprint density at radius 2 is 1.28 bits per heavy atom. The zero-order chi connectivity index (χ0) is 51.2. The molecule has 22 nitrogen and oxygen atoms in total. The van der Waals surface area contributed by atoms with Crippen molar-refractivity contribution in [2.24, 2.45) is 0 Å². The van der Waals surface area contributed by atoms with E-state index in [1.54, 1.807) is 18.7 Å². The number of nitrogens with zero attached hydrogens (tertiary/aromatic N) is 3. The van der Waals surface area contributed by atoms with Gasteiger partial charge in [-0.05, 0) is 61.5 Å². The molecule has 3 aromatic rings. The van der Waals surface area contributed by atoms with Crippen LogP contribution in [-0.4, -0.2) is 175 Å². The molecule has 1 aliphatic rings. The van der Waals surface area contributed by atoms with Crippen LogP contribution in [0.1, 0.15) is 61.0 Å². The van der Waals surface area contributed by atoms with E-state index in [4.69, 9.17) is 50.3 Å². The number of halogens is 7. The SMILES string of the molecule is CC(OC1OCCN(Cc2nn(P(=O)(O)O)c(=O)[nH]2)C1c1ccc(F)cc1)c1cc(C(F)(F)F)cc(C(F)(F)F)c1.CCNC(O)C(O)C(O)C(O)CO.CCNC(O)C(O)C(O)C(O)CO. The number of rotatable bonds is 19. The fourth-order valence-electron chi connectivity index (χ4n) is 6.00.